The van der Waals surface area contributed by atoms with Crippen LogP contribution in [0.2, 0.25) is 5.15 Å². The number of rotatable bonds is 4. The summed E-state index contributed by atoms with van der Waals surface area (Å²) in [5.41, 5.74) is 1.71. The van der Waals surface area contributed by atoms with Crippen molar-refractivity contribution in [3.63, 3.8) is 0 Å². The molecule has 0 spiro atoms. The Kier molecular flexibility index (Phi) is 5.03. The molecule has 110 valence electrons. The fourth-order valence-corrected chi connectivity index (χ4v) is 3.07. The third-order valence-electron chi connectivity index (χ3n) is 4.21. The van der Waals surface area contributed by atoms with Gasteiger partial charge in [0.05, 0.1) is 0 Å². The highest BCUT2D eigenvalue weighted by molar-refractivity contribution is 6.29. The highest BCUT2D eigenvalue weighted by Gasteiger charge is 2.27. The number of halogens is 1. The standard InChI is InChI=1S/C16H23ClN2O/c1-3-13-9-12(10-14(17)19-13)15(20)18-11-16(2)7-5-4-6-8-16/h9-10H,3-8,11H2,1-2H3,(H,18,20). The van der Waals surface area contributed by atoms with Gasteiger partial charge in [-0.1, -0.05) is 44.7 Å². The molecule has 1 saturated carbocycles. The van der Waals surface area contributed by atoms with E-state index in [9.17, 15) is 4.79 Å². The van der Waals surface area contributed by atoms with E-state index in [-0.39, 0.29) is 11.3 Å². The number of hydrogen-bond acceptors (Lipinski definition) is 2. The molecule has 0 bridgehead atoms. The number of aryl methyl sites for hydroxylation is 1. The van der Waals surface area contributed by atoms with E-state index >= 15 is 0 Å². The average Bonchev–Trinajstić information content (AvgIpc) is 2.45. The van der Waals surface area contributed by atoms with Gasteiger partial charge in [0, 0.05) is 17.8 Å². The van der Waals surface area contributed by atoms with Crippen molar-refractivity contribution < 1.29 is 4.79 Å². The number of pyridine rings is 1. The Morgan fingerprint density at radius 1 is 1.35 bits per heavy atom. The summed E-state index contributed by atoms with van der Waals surface area (Å²) in [5.74, 6) is -0.0456. The first-order valence-corrected chi connectivity index (χ1v) is 7.85. The molecule has 2 rings (SSSR count). The topological polar surface area (TPSA) is 42.0 Å². The minimum Gasteiger partial charge on any atom is -0.351 e. The number of amides is 1. The molecule has 0 aromatic carbocycles. The van der Waals surface area contributed by atoms with Crippen LogP contribution < -0.4 is 5.32 Å². The molecule has 1 aromatic rings. The number of carbonyl (C=O) groups excluding carboxylic acids is 1. The molecule has 4 heteroatoms. The van der Waals surface area contributed by atoms with Crippen LogP contribution >= 0.6 is 11.6 Å². The van der Waals surface area contributed by atoms with Gasteiger partial charge in [0.15, 0.2) is 0 Å². The molecule has 1 fully saturated rings. The van der Waals surface area contributed by atoms with Gasteiger partial charge in [0.1, 0.15) is 5.15 Å². The van der Waals surface area contributed by atoms with Crippen LogP contribution in [0.5, 0.6) is 0 Å². The molecule has 0 radical (unpaired) electrons. The van der Waals surface area contributed by atoms with Crippen LogP contribution in [0.15, 0.2) is 12.1 Å². The second-order valence-electron chi connectivity index (χ2n) is 6.08. The Morgan fingerprint density at radius 2 is 2.05 bits per heavy atom. The summed E-state index contributed by atoms with van der Waals surface area (Å²) in [6, 6.07) is 3.46. The van der Waals surface area contributed by atoms with Crippen LogP contribution in [-0.2, 0) is 6.42 Å². The molecule has 1 heterocycles. The summed E-state index contributed by atoms with van der Waals surface area (Å²) in [7, 11) is 0. The van der Waals surface area contributed by atoms with Crippen molar-refractivity contribution >= 4 is 17.5 Å². The lowest BCUT2D eigenvalue weighted by Crippen LogP contribution is -2.37. The zero-order valence-electron chi connectivity index (χ0n) is 12.3. The van der Waals surface area contributed by atoms with Gasteiger partial charge in [0.2, 0.25) is 0 Å². The lowest BCUT2D eigenvalue weighted by Gasteiger charge is -2.33. The summed E-state index contributed by atoms with van der Waals surface area (Å²) in [6.07, 6.45) is 7.04. The van der Waals surface area contributed by atoms with Crippen LogP contribution in [0.3, 0.4) is 0 Å². The maximum absolute atomic E-state index is 12.3. The van der Waals surface area contributed by atoms with Gasteiger partial charge in [-0.3, -0.25) is 4.79 Å². The predicted molar refractivity (Wildman–Crippen MR) is 82.2 cm³/mol. The normalized spacial score (nSPS) is 17.8. The fraction of sp³-hybridized carbons (Fsp3) is 0.625. The predicted octanol–water partition coefficient (Wildman–Crippen LogP) is 4.00. The Labute approximate surface area is 126 Å². The number of nitrogens with zero attached hydrogens (tertiary/aromatic N) is 1. The van der Waals surface area contributed by atoms with E-state index < -0.39 is 0 Å². The third-order valence-corrected chi connectivity index (χ3v) is 4.40. The minimum atomic E-state index is -0.0456. The lowest BCUT2D eigenvalue weighted by molar-refractivity contribution is 0.0919. The Bertz CT molecular complexity index is 481. The second kappa shape index (κ2) is 6.57. The third kappa shape index (κ3) is 3.95. The van der Waals surface area contributed by atoms with E-state index in [2.05, 4.69) is 17.2 Å². The quantitative estimate of drug-likeness (QED) is 0.853. The summed E-state index contributed by atoms with van der Waals surface area (Å²) >= 11 is 5.96. The molecule has 0 unspecified atom stereocenters. The first kappa shape index (κ1) is 15.3. The first-order valence-electron chi connectivity index (χ1n) is 7.47. The maximum Gasteiger partial charge on any atom is 0.251 e. The van der Waals surface area contributed by atoms with E-state index in [1.54, 1.807) is 6.07 Å². The minimum absolute atomic E-state index is 0.0456. The molecule has 1 aliphatic rings. The molecule has 1 N–H and O–H groups in total. The molecule has 0 atom stereocenters. The summed E-state index contributed by atoms with van der Waals surface area (Å²) in [4.78, 5) is 16.4. The van der Waals surface area contributed by atoms with Gasteiger partial charge in [0.25, 0.3) is 5.91 Å². The molecule has 1 aliphatic carbocycles. The summed E-state index contributed by atoms with van der Waals surface area (Å²) in [5, 5.41) is 3.45. The highest BCUT2D eigenvalue weighted by Crippen LogP contribution is 2.34. The van der Waals surface area contributed by atoms with Gasteiger partial charge < -0.3 is 5.32 Å². The average molecular weight is 295 g/mol. The van der Waals surface area contributed by atoms with E-state index in [0.29, 0.717) is 10.7 Å². The fourth-order valence-electron chi connectivity index (χ4n) is 2.84. The molecule has 3 nitrogen and oxygen atoms in total. The second-order valence-corrected chi connectivity index (χ2v) is 6.46. The smallest absolute Gasteiger partial charge is 0.251 e. The Hall–Kier alpha value is -1.09. The molecular weight excluding hydrogens is 272 g/mol. The van der Waals surface area contributed by atoms with E-state index in [1.165, 1.54) is 32.1 Å². The van der Waals surface area contributed by atoms with Crippen molar-refractivity contribution in [1.82, 2.24) is 10.3 Å². The summed E-state index contributed by atoms with van der Waals surface area (Å²) in [6.45, 7) is 5.01. The molecule has 1 amide bonds. The van der Waals surface area contributed by atoms with Crippen LogP contribution in [0.25, 0.3) is 0 Å². The van der Waals surface area contributed by atoms with Gasteiger partial charge in [-0.25, -0.2) is 4.98 Å². The SMILES string of the molecule is CCc1cc(C(=O)NCC2(C)CCCCC2)cc(Cl)n1. The zero-order chi connectivity index (χ0) is 14.6. The number of aromatic nitrogens is 1. The van der Waals surface area contributed by atoms with Gasteiger partial charge >= 0.3 is 0 Å². The van der Waals surface area contributed by atoms with Crippen molar-refractivity contribution in [1.29, 1.82) is 0 Å². The largest absolute Gasteiger partial charge is 0.351 e. The first-order chi connectivity index (χ1) is 9.52. The lowest BCUT2D eigenvalue weighted by atomic mass is 9.76. The number of carbonyl (C=O) groups is 1. The number of nitrogens with one attached hydrogen (secondary N) is 1. The van der Waals surface area contributed by atoms with E-state index in [4.69, 9.17) is 11.6 Å². The van der Waals surface area contributed by atoms with E-state index in [1.807, 2.05) is 13.0 Å². The van der Waals surface area contributed by atoms with Crippen LogP contribution in [0.4, 0.5) is 0 Å². The van der Waals surface area contributed by atoms with Crippen molar-refractivity contribution in [2.45, 2.75) is 52.4 Å². The Balaban J connectivity index is 1.99. The van der Waals surface area contributed by atoms with Gasteiger partial charge in [-0.15, -0.1) is 0 Å². The van der Waals surface area contributed by atoms with Gasteiger partial charge in [-0.2, -0.15) is 0 Å². The van der Waals surface area contributed by atoms with Crippen LogP contribution in [0, 0.1) is 5.41 Å². The summed E-state index contributed by atoms with van der Waals surface area (Å²) < 4.78 is 0. The number of hydrogen-bond donors (Lipinski definition) is 1. The van der Waals surface area contributed by atoms with Crippen LogP contribution in [0.1, 0.15) is 62.0 Å². The maximum atomic E-state index is 12.3. The molecule has 0 aliphatic heterocycles. The zero-order valence-corrected chi connectivity index (χ0v) is 13.1. The van der Waals surface area contributed by atoms with Crippen molar-refractivity contribution in [3.8, 4) is 0 Å². The molecule has 1 aromatic heterocycles. The van der Waals surface area contributed by atoms with Gasteiger partial charge in [-0.05, 0) is 36.8 Å². The highest BCUT2D eigenvalue weighted by atomic mass is 35.5. The van der Waals surface area contributed by atoms with Crippen molar-refractivity contribution in [2.24, 2.45) is 5.41 Å². The monoisotopic (exact) mass is 294 g/mol. The molecule has 0 saturated heterocycles. The van der Waals surface area contributed by atoms with E-state index in [0.717, 1.165) is 18.7 Å². The van der Waals surface area contributed by atoms with Crippen molar-refractivity contribution in [2.75, 3.05) is 6.54 Å². The molecular formula is C16H23ClN2O. The molecule has 20 heavy (non-hydrogen) atoms. The van der Waals surface area contributed by atoms with Crippen LogP contribution in [-0.4, -0.2) is 17.4 Å². The Morgan fingerprint density at radius 3 is 2.70 bits per heavy atom. The van der Waals surface area contributed by atoms with Crippen molar-refractivity contribution in [3.05, 3.63) is 28.5 Å².